The first-order chi connectivity index (χ1) is 24.6. The number of carbonyl (C=O) groups is 4. The van der Waals surface area contributed by atoms with Crippen molar-refractivity contribution in [2.24, 2.45) is 11.8 Å². The summed E-state index contributed by atoms with van der Waals surface area (Å²) >= 11 is 0. The monoisotopic (exact) mass is 688 g/mol. The number of rotatable bonds is 12. The lowest BCUT2D eigenvalue weighted by atomic mass is 9.95. The van der Waals surface area contributed by atoms with Gasteiger partial charge in [0.05, 0.1) is 11.8 Å². The van der Waals surface area contributed by atoms with E-state index in [0.717, 1.165) is 22.3 Å². The SMILES string of the molecule is C#CC.CC.CC#CC.CCC(CC(=O)c1ccc(-c2ccccc2)cc1)C(=O)O.CCC(CC(=O)c1ccc(-c2ccccc2)cc1)C(=O)O. The van der Waals surface area contributed by atoms with Crippen molar-refractivity contribution in [3.63, 3.8) is 0 Å². The summed E-state index contributed by atoms with van der Waals surface area (Å²) in [6.07, 6.45) is 5.62. The van der Waals surface area contributed by atoms with Gasteiger partial charge in [-0.2, -0.15) is 0 Å². The second-order valence-corrected chi connectivity index (χ2v) is 10.8. The normalized spacial score (nSPS) is 10.3. The van der Waals surface area contributed by atoms with E-state index in [0.29, 0.717) is 24.0 Å². The van der Waals surface area contributed by atoms with Gasteiger partial charge < -0.3 is 10.2 Å². The van der Waals surface area contributed by atoms with Crippen molar-refractivity contribution in [2.45, 2.75) is 74.1 Å². The van der Waals surface area contributed by atoms with Crippen LogP contribution in [0.2, 0.25) is 0 Å². The van der Waals surface area contributed by atoms with Crippen LogP contribution in [0.5, 0.6) is 0 Å². The quantitative estimate of drug-likeness (QED) is 0.113. The predicted octanol–water partition coefficient (Wildman–Crippen LogP) is 10.8. The van der Waals surface area contributed by atoms with Gasteiger partial charge in [0.1, 0.15) is 0 Å². The Morgan fingerprint density at radius 2 is 0.784 bits per heavy atom. The van der Waals surface area contributed by atoms with Crippen LogP contribution in [-0.2, 0) is 9.59 Å². The molecule has 2 N–H and O–H groups in total. The Hall–Kier alpha value is -5.72. The molecule has 0 bridgehead atoms. The van der Waals surface area contributed by atoms with E-state index < -0.39 is 23.8 Å². The minimum Gasteiger partial charge on any atom is -0.481 e. The number of carboxylic acids is 2. The minimum absolute atomic E-state index is 0.0521. The third-order valence-corrected chi connectivity index (χ3v) is 7.43. The highest BCUT2D eigenvalue weighted by atomic mass is 16.4. The molecule has 0 aliphatic heterocycles. The van der Waals surface area contributed by atoms with E-state index in [1.165, 1.54) is 0 Å². The molecule has 0 radical (unpaired) electrons. The van der Waals surface area contributed by atoms with Crippen LogP contribution in [0.25, 0.3) is 22.3 Å². The summed E-state index contributed by atoms with van der Waals surface area (Å²) in [5.41, 5.74) is 5.39. The highest BCUT2D eigenvalue weighted by Crippen LogP contribution is 2.22. The van der Waals surface area contributed by atoms with Gasteiger partial charge in [-0.15, -0.1) is 24.2 Å². The molecule has 4 rings (SSSR count). The first kappa shape index (κ1) is 45.3. The average molecular weight is 689 g/mol. The molecule has 2 atom stereocenters. The molecule has 6 heteroatoms. The average Bonchev–Trinajstić information content (AvgIpc) is 3.17. The minimum atomic E-state index is -0.910. The molecule has 0 spiro atoms. The van der Waals surface area contributed by atoms with Crippen LogP contribution >= 0.6 is 0 Å². The molecule has 0 saturated carbocycles. The summed E-state index contributed by atoms with van der Waals surface area (Å²) in [7, 11) is 0. The van der Waals surface area contributed by atoms with Crippen molar-refractivity contribution in [3.05, 3.63) is 120 Å². The zero-order valence-electron chi connectivity index (χ0n) is 31.0. The fourth-order valence-electron chi connectivity index (χ4n) is 4.45. The Labute approximate surface area is 305 Å². The maximum atomic E-state index is 12.1. The highest BCUT2D eigenvalue weighted by molar-refractivity contribution is 5.99. The van der Waals surface area contributed by atoms with Gasteiger partial charge in [-0.1, -0.05) is 137 Å². The van der Waals surface area contributed by atoms with E-state index in [2.05, 4.69) is 24.2 Å². The zero-order chi connectivity index (χ0) is 38.6. The van der Waals surface area contributed by atoms with Crippen LogP contribution in [0, 0.1) is 36.0 Å². The number of terminal acetylenes is 1. The third kappa shape index (κ3) is 17.5. The molecule has 0 aromatic heterocycles. The Bertz CT molecular complexity index is 1570. The second kappa shape index (κ2) is 27.1. The number of hydrogen-bond donors (Lipinski definition) is 2. The molecule has 0 aliphatic rings. The summed E-state index contributed by atoms with van der Waals surface area (Å²) in [5, 5.41) is 18.0. The number of ketones is 2. The number of aliphatic carboxylic acids is 2. The fourth-order valence-corrected chi connectivity index (χ4v) is 4.45. The smallest absolute Gasteiger partial charge is 0.306 e. The second-order valence-electron chi connectivity index (χ2n) is 10.8. The van der Waals surface area contributed by atoms with E-state index in [-0.39, 0.29) is 24.4 Å². The first-order valence-corrected chi connectivity index (χ1v) is 17.1. The molecule has 0 amide bonds. The Morgan fingerprint density at radius 1 is 0.529 bits per heavy atom. The lowest BCUT2D eigenvalue weighted by Crippen LogP contribution is -2.17. The van der Waals surface area contributed by atoms with Gasteiger partial charge in [0.15, 0.2) is 11.6 Å². The first-order valence-electron chi connectivity index (χ1n) is 17.1. The van der Waals surface area contributed by atoms with Crippen molar-refractivity contribution < 1.29 is 29.4 Å². The van der Waals surface area contributed by atoms with Gasteiger partial charge in [0, 0.05) is 24.0 Å². The summed E-state index contributed by atoms with van der Waals surface area (Å²) in [6.45, 7) is 12.9. The van der Waals surface area contributed by atoms with Gasteiger partial charge in [0.2, 0.25) is 0 Å². The molecular formula is C45H52O6. The molecule has 6 nitrogen and oxygen atoms in total. The van der Waals surface area contributed by atoms with Crippen LogP contribution in [0.15, 0.2) is 109 Å². The standard InChI is InChI=1S/2C18H18O3.C4H6.C3H4.C2H6/c2*1-2-13(18(20)21)12-17(19)16-10-8-15(9-11-16)14-6-4-3-5-7-14;1-3-4-2;1-3-2;1-2/h2*3-11,13H,2,12H2,1H3,(H,20,21);1-2H3;1H,2H3;1-2H3. The van der Waals surface area contributed by atoms with E-state index in [9.17, 15) is 19.2 Å². The maximum absolute atomic E-state index is 12.1. The van der Waals surface area contributed by atoms with E-state index in [1.54, 1.807) is 45.0 Å². The Morgan fingerprint density at radius 3 is 1.00 bits per heavy atom. The molecule has 4 aromatic rings. The molecule has 2 unspecified atom stereocenters. The highest BCUT2D eigenvalue weighted by Gasteiger charge is 2.21. The van der Waals surface area contributed by atoms with E-state index in [1.807, 2.05) is 113 Å². The van der Waals surface area contributed by atoms with Gasteiger partial charge >= 0.3 is 11.9 Å². The molecule has 4 aromatic carbocycles. The van der Waals surface area contributed by atoms with Crippen LogP contribution in [-0.4, -0.2) is 33.7 Å². The summed E-state index contributed by atoms with van der Waals surface area (Å²) in [4.78, 5) is 46.2. The van der Waals surface area contributed by atoms with Crippen molar-refractivity contribution in [3.8, 4) is 46.4 Å². The van der Waals surface area contributed by atoms with Gasteiger partial charge in [-0.25, -0.2) is 0 Å². The van der Waals surface area contributed by atoms with Crippen LogP contribution in [0.3, 0.4) is 0 Å². The summed E-state index contributed by atoms with van der Waals surface area (Å²) in [6, 6.07) is 34.4. The van der Waals surface area contributed by atoms with E-state index >= 15 is 0 Å². The van der Waals surface area contributed by atoms with Crippen molar-refractivity contribution in [1.82, 2.24) is 0 Å². The number of carboxylic acid groups (broad SMARTS) is 2. The maximum Gasteiger partial charge on any atom is 0.306 e. The van der Waals surface area contributed by atoms with Crippen LogP contribution in [0.1, 0.15) is 94.9 Å². The third-order valence-electron chi connectivity index (χ3n) is 7.43. The number of carbonyl (C=O) groups excluding carboxylic acids is 2. The molecule has 51 heavy (non-hydrogen) atoms. The molecule has 268 valence electrons. The Balaban J connectivity index is 0.000000796. The zero-order valence-corrected chi connectivity index (χ0v) is 31.0. The van der Waals surface area contributed by atoms with Gasteiger partial charge in [0.25, 0.3) is 0 Å². The Kier molecular flexibility index (Phi) is 24.1. The number of benzene rings is 4. The van der Waals surface area contributed by atoms with Crippen molar-refractivity contribution in [1.29, 1.82) is 0 Å². The van der Waals surface area contributed by atoms with Crippen LogP contribution < -0.4 is 0 Å². The van der Waals surface area contributed by atoms with Gasteiger partial charge in [-0.05, 0) is 55.9 Å². The van der Waals surface area contributed by atoms with Crippen molar-refractivity contribution >= 4 is 23.5 Å². The largest absolute Gasteiger partial charge is 0.481 e. The molecule has 0 fully saturated rings. The lowest BCUT2D eigenvalue weighted by Gasteiger charge is -2.09. The number of hydrogen-bond acceptors (Lipinski definition) is 4. The predicted molar refractivity (Wildman–Crippen MR) is 209 cm³/mol. The topological polar surface area (TPSA) is 109 Å². The molecule has 0 saturated heterocycles. The fraction of sp³-hybridized carbons (Fsp3) is 0.289. The summed E-state index contributed by atoms with van der Waals surface area (Å²) < 4.78 is 0. The number of Topliss-reactive ketones (excluding diaryl/α,β-unsaturated/α-hetero) is 2. The van der Waals surface area contributed by atoms with E-state index in [4.69, 9.17) is 10.2 Å². The summed E-state index contributed by atoms with van der Waals surface area (Å²) in [5.74, 6) is 4.34. The van der Waals surface area contributed by atoms with Crippen molar-refractivity contribution in [2.75, 3.05) is 0 Å². The van der Waals surface area contributed by atoms with Crippen LogP contribution in [0.4, 0.5) is 0 Å². The van der Waals surface area contributed by atoms with Gasteiger partial charge in [-0.3, -0.25) is 19.2 Å². The lowest BCUT2D eigenvalue weighted by molar-refractivity contribution is -0.142. The molecular weight excluding hydrogens is 636 g/mol. The molecule has 0 aliphatic carbocycles. The molecule has 0 heterocycles.